The first-order valence-electron chi connectivity index (χ1n) is 6.10. The Labute approximate surface area is 88.6 Å². The quantitative estimate of drug-likeness (QED) is 0.652. The molecule has 0 amide bonds. The van der Waals surface area contributed by atoms with Crippen molar-refractivity contribution in [1.82, 2.24) is 4.90 Å². The third kappa shape index (κ3) is 2.71. The number of rotatable bonds is 6. The summed E-state index contributed by atoms with van der Waals surface area (Å²) in [6.07, 6.45) is 7.41. The number of ether oxygens (including phenoxy) is 1. The second-order valence-corrected chi connectivity index (χ2v) is 4.42. The molecule has 0 aromatic heterocycles. The number of hydrogen-bond acceptors (Lipinski definition) is 2. The van der Waals surface area contributed by atoms with Crippen LogP contribution in [0.2, 0.25) is 0 Å². The molecule has 0 bridgehead atoms. The Kier molecular flexibility index (Phi) is 4.90. The largest absolute Gasteiger partial charge is 0.360 e. The normalized spacial score (nSPS) is 28.5. The van der Waals surface area contributed by atoms with Gasteiger partial charge in [0.15, 0.2) is 0 Å². The Morgan fingerprint density at radius 3 is 2.57 bits per heavy atom. The fourth-order valence-corrected chi connectivity index (χ4v) is 2.30. The van der Waals surface area contributed by atoms with Crippen molar-refractivity contribution in [2.45, 2.75) is 58.1 Å². The Morgan fingerprint density at radius 2 is 2.07 bits per heavy atom. The summed E-state index contributed by atoms with van der Waals surface area (Å²) < 4.78 is 6.08. The minimum absolute atomic E-state index is 0.0893. The van der Waals surface area contributed by atoms with E-state index in [0.717, 1.165) is 13.0 Å². The van der Waals surface area contributed by atoms with Gasteiger partial charge in [-0.2, -0.15) is 0 Å². The molecule has 0 spiro atoms. The van der Waals surface area contributed by atoms with E-state index in [1.165, 1.54) is 38.6 Å². The molecule has 14 heavy (non-hydrogen) atoms. The average molecular weight is 199 g/mol. The summed E-state index contributed by atoms with van der Waals surface area (Å²) >= 11 is 0. The summed E-state index contributed by atoms with van der Waals surface area (Å²) in [6, 6.07) is 0. The Bertz CT molecular complexity index is 150. The van der Waals surface area contributed by atoms with Gasteiger partial charge in [0.25, 0.3) is 0 Å². The van der Waals surface area contributed by atoms with E-state index in [2.05, 4.69) is 25.8 Å². The van der Waals surface area contributed by atoms with Crippen LogP contribution in [0.1, 0.15) is 52.4 Å². The molecular weight excluding hydrogens is 174 g/mol. The van der Waals surface area contributed by atoms with E-state index < -0.39 is 0 Å². The molecule has 1 fully saturated rings. The highest BCUT2D eigenvalue weighted by atomic mass is 16.5. The van der Waals surface area contributed by atoms with Crippen LogP contribution in [0.4, 0.5) is 0 Å². The van der Waals surface area contributed by atoms with Gasteiger partial charge in [0.05, 0.1) is 0 Å². The SMILES string of the molecule is CCCCC1(OCCC)CCCN1C. The average Bonchev–Trinajstić information content (AvgIpc) is 2.55. The lowest BCUT2D eigenvalue weighted by Crippen LogP contribution is -2.44. The first kappa shape index (κ1) is 12.0. The molecule has 1 aliphatic rings. The van der Waals surface area contributed by atoms with Crippen molar-refractivity contribution in [2.75, 3.05) is 20.2 Å². The molecule has 1 atom stereocenters. The third-order valence-electron chi connectivity index (χ3n) is 3.25. The van der Waals surface area contributed by atoms with Gasteiger partial charge in [-0.3, -0.25) is 4.90 Å². The van der Waals surface area contributed by atoms with Crippen molar-refractivity contribution < 1.29 is 4.74 Å². The molecule has 0 radical (unpaired) electrons. The number of hydrogen-bond donors (Lipinski definition) is 0. The lowest BCUT2D eigenvalue weighted by molar-refractivity contribution is -0.132. The van der Waals surface area contributed by atoms with E-state index in [-0.39, 0.29) is 5.72 Å². The molecule has 1 rings (SSSR count). The summed E-state index contributed by atoms with van der Waals surface area (Å²) in [5.41, 5.74) is 0.0893. The highest BCUT2D eigenvalue weighted by Crippen LogP contribution is 2.33. The molecule has 1 heterocycles. The van der Waals surface area contributed by atoms with Crippen molar-refractivity contribution in [3.05, 3.63) is 0 Å². The third-order valence-corrected chi connectivity index (χ3v) is 3.25. The molecule has 0 N–H and O–H groups in total. The molecule has 84 valence electrons. The van der Waals surface area contributed by atoms with Gasteiger partial charge in [-0.15, -0.1) is 0 Å². The fraction of sp³-hybridized carbons (Fsp3) is 1.00. The van der Waals surface area contributed by atoms with E-state index in [0.29, 0.717) is 0 Å². The minimum atomic E-state index is 0.0893. The summed E-state index contributed by atoms with van der Waals surface area (Å²) in [5.74, 6) is 0. The van der Waals surface area contributed by atoms with Crippen molar-refractivity contribution in [1.29, 1.82) is 0 Å². The number of nitrogens with zero attached hydrogens (tertiary/aromatic N) is 1. The second kappa shape index (κ2) is 5.72. The van der Waals surface area contributed by atoms with E-state index in [1.807, 2.05) is 0 Å². The Morgan fingerprint density at radius 1 is 1.29 bits per heavy atom. The van der Waals surface area contributed by atoms with Crippen molar-refractivity contribution >= 4 is 0 Å². The van der Waals surface area contributed by atoms with Crippen molar-refractivity contribution in [3.63, 3.8) is 0 Å². The predicted octanol–water partition coefficient (Wildman–Crippen LogP) is 3.03. The van der Waals surface area contributed by atoms with Crippen LogP contribution in [-0.4, -0.2) is 30.8 Å². The predicted molar refractivity (Wildman–Crippen MR) is 60.4 cm³/mol. The number of unbranched alkanes of at least 4 members (excludes halogenated alkanes) is 1. The van der Waals surface area contributed by atoms with E-state index in [1.54, 1.807) is 0 Å². The zero-order valence-electron chi connectivity index (χ0n) is 10.0. The highest BCUT2D eigenvalue weighted by molar-refractivity contribution is 4.85. The molecule has 2 heteroatoms. The Hall–Kier alpha value is -0.0800. The lowest BCUT2D eigenvalue weighted by atomic mass is 10.0. The fourth-order valence-electron chi connectivity index (χ4n) is 2.30. The molecular formula is C12H25NO. The van der Waals surface area contributed by atoms with Crippen LogP contribution in [0.3, 0.4) is 0 Å². The summed E-state index contributed by atoms with van der Waals surface area (Å²) in [7, 11) is 2.21. The van der Waals surface area contributed by atoms with Gasteiger partial charge in [-0.1, -0.05) is 20.3 Å². The lowest BCUT2D eigenvalue weighted by Gasteiger charge is -2.36. The van der Waals surface area contributed by atoms with Crippen molar-refractivity contribution in [3.8, 4) is 0 Å². The van der Waals surface area contributed by atoms with Crippen LogP contribution in [0, 0.1) is 0 Å². The Balaban J connectivity index is 2.49. The molecule has 1 aliphatic heterocycles. The summed E-state index contributed by atoms with van der Waals surface area (Å²) in [4.78, 5) is 2.42. The van der Waals surface area contributed by atoms with Gasteiger partial charge in [-0.25, -0.2) is 0 Å². The van der Waals surface area contributed by atoms with E-state index in [9.17, 15) is 0 Å². The zero-order valence-corrected chi connectivity index (χ0v) is 10.0. The first-order valence-corrected chi connectivity index (χ1v) is 6.10. The first-order chi connectivity index (χ1) is 6.75. The van der Waals surface area contributed by atoms with Crippen LogP contribution in [0.5, 0.6) is 0 Å². The maximum Gasteiger partial charge on any atom is 0.121 e. The standard InChI is InChI=1S/C12H25NO/c1-4-6-8-12(14-11-5-2)9-7-10-13(12)3/h4-11H2,1-3H3. The highest BCUT2D eigenvalue weighted by Gasteiger charge is 2.38. The van der Waals surface area contributed by atoms with E-state index >= 15 is 0 Å². The van der Waals surface area contributed by atoms with Crippen LogP contribution >= 0.6 is 0 Å². The van der Waals surface area contributed by atoms with Gasteiger partial charge >= 0.3 is 0 Å². The van der Waals surface area contributed by atoms with Gasteiger partial charge in [0.2, 0.25) is 0 Å². The maximum absolute atomic E-state index is 6.08. The maximum atomic E-state index is 6.08. The molecule has 0 saturated carbocycles. The van der Waals surface area contributed by atoms with Crippen LogP contribution < -0.4 is 0 Å². The monoisotopic (exact) mass is 199 g/mol. The van der Waals surface area contributed by atoms with Crippen LogP contribution in [0.15, 0.2) is 0 Å². The van der Waals surface area contributed by atoms with Crippen molar-refractivity contribution in [2.24, 2.45) is 0 Å². The second-order valence-electron chi connectivity index (χ2n) is 4.42. The minimum Gasteiger partial charge on any atom is -0.360 e. The van der Waals surface area contributed by atoms with Gasteiger partial charge in [0.1, 0.15) is 5.72 Å². The molecule has 2 nitrogen and oxygen atoms in total. The molecule has 0 aromatic rings. The summed E-state index contributed by atoms with van der Waals surface area (Å²) in [5, 5.41) is 0. The molecule has 1 saturated heterocycles. The smallest absolute Gasteiger partial charge is 0.121 e. The summed E-state index contributed by atoms with van der Waals surface area (Å²) in [6.45, 7) is 6.55. The topological polar surface area (TPSA) is 12.5 Å². The van der Waals surface area contributed by atoms with Gasteiger partial charge in [-0.05, 0) is 39.2 Å². The van der Waals surface area contributed by atoms with Gasteiger partial charge in [0, 0.05) is 13.2 Å². The van der Waals surface area contributed by atoms with E-state index in [4.69, 9.17) is 4.74 Å². The van der Waals surface area contributed by atoms with Crippen LogP contribution in [0.25, 0.3) is 0 Å². The zero-order chi connectivity index (χ0) is 10.4. The van der Waals surface area contributed by atoms with Gasteiger partial charge < -0.3 is 4.74 Å². The molecule has 0 aliphatic carbocycles. The van der Waals surface area contributed by atoms with Crippen LogP contribution in [-0.2, 0) is 4.74 Å². The molecule has 1 unspecified atom stereocenters. The number of likely N-dealkylation sites (tertiary alicyclic amines) is 1. The molecule has 0 aromatic carbocycles.